The van der Waals surface area contributed by atoms with E-state index < -0.39 is 16.9 Å². The van der Waals surface area contributed by atoms with Crippen LogP contribution in [0.3, 0.4) is 0 Å². The first-order valence-electron chi connectivity index (χ1n) is 6.17. The van der Waals surface area contributed by atoms with Crippen molar-refractivity contribution in [1.82, 2.24) is 4.57 Å². The molecule has 3 rings (SSSR count). The lowest BCUT2D eigenvalue weighted by molar-refractivity contribution is 0.447. The zero-order valence-electron chi connectivity index (χ0n) is 10.9. The molecule has 0 atom stereocenters. The third-order valence-electron chi connectivity index (χ3n) is 3.29. The summed E-state index contributed by atoms with van der Waals surface area (Å²) >= 11 is 3.89. The van der Waals surface area contributed by atoms with Gasteiger partial charge in [0.2, 0.25) is 0 Å². The molecule has 0 fully saturated rings. The van der Waals surface area contributed by atoms with Crippen LogP contribution in [0.4, 0.5) is 0 Å². The molecule has 2 heterocycles. The number of para-hydroxylation sites is 1. The summed E-state index contributed by atoms with van der Waals surface area (Å²) in [7, 11) is 0. The molecular formula is C15H11NO4S. The molecule has 0 saturated heterocycles. The van der Waals surface area contributed by atoms with E-state index in [-0.39, 0.29) is 22.4 Å². The number of aromatic nitrogens is 1. The Kier molecular flexibility index (Phi) is 3.10. The normalized spacial score (nSPS) is 11.1. The Morgan fingerprint density at radius 2 is 2.05 bits per heavy atom. The van der Waals surface area contributed by atoms with E-state index in [9.17, 15) is 14.7 Å². The Labute approximate surface area is 124 Å². The van der Waals surface area contributed by atoms with Gasteiger partial charge < -0.3 is 14.1 Å². The van der Waals surface area contributed by atoms with Crippen LogP contribution in [-0.4, -0.2) is 9.67 Å². The van der Waals surface area contributed by atoms with Gasteiger partial charge in [-0.1, -0.05) is 18.2 Å². The van der Waals surface area contributed by atoms with E-state index in [0.29, 0.717) is 10.9 Å². The topological polar surface area (TPSA) is 72.4 Å². The largest absolute Gasteiger partial charge is 0.506 e. The number of allylic oxidation sites excluding steroid dienone is 1. The number of benzene rings is 1. The van der Waals surface area contributed by atoms with Crippen LogP contribution in [0.15, 0.2) is 55.8 Å². The van der Waals surface area contributed by atoms with Gasteiger partial charge in [0.05, 0.1) is 5.52 Å². The minimum Gasteiger partial charge on any atom is -0.506 e. The average Bonchev–Trinajstić information content (AvgIpc) is 2.48. The van der Waals surface area contributed by atoms with Gasteiger partial charge in [-0.15, -0.1) is 19.2 Å². The molecule has 0 radical (unpaired) electrons. The van der Waals surface area contributed by atoms with Crippen molar-refractivity contribution < 1.29 is 9.52 Å². The van der Waals surface area contributed by atoms with E-state index in [1.54, 1.807) is 30.3 Å². The third-order valence-corrected chi connectivity index (χ3v) is 3.68. The third kappa shape index (κ3) is 1.87. The van der Waals surface area contributed by atoms with E-state index in [0.717, 1.165) is 0 Å². The van der Waals surface area contributed by atoms with Crippen LogP contribution in [0, 0.1) is 0 Å². The molecule has 0 spiro atoms. The summed E-state index contributed by atoms with van der Waals surface area (Å²) in [6.07, 6.45) is 1.58. The highest BCUT2D eigenvalue weighted by molar-refractivity contribution is 7.80. The van der Waals surface area contributed by atoms with Crippen LogP contribution in [0.1, 0.15) is 0 Å². The predicted molar refractivity (Wildman–Crippen MR) is 83.4 cm³/mol. The molecule has 106 valence electrons. The quantitative estimate of drug-likeness (QED) is 0.433. The lowest BCUT2D eigenvalue weighted by Crippen LogP contribution is -2.21. The summed E-state index contributed by atoms with van der Waals surface area (Å²) in [4.78, 5) is 24.0. The second kappa shape index (κ2) is 4.82. The zero-order valence-corrected chi connectivity index (χ0v) is 11.8. The number of nitrogens with zero attached hydrogens (tertiary/aromatic N) is 1. The van der Waals surface area contributed by atoms with Crippen molar-refractivity contribution in [3.8, 4) is 5.75 Å². The van der Waals surface area contributed by atoms with E-state index in [1.807, 2.05) is 0 Å². The van der Waals surface area contributed by atoms with Crippen LogP contribution < -0.4 is 11.2 Å². The molecule has 5 nitrogen and oxygen atoms in total. The fraction of sp³-hybridized carbons (Fsp3) is 0.0667. The summed E-state index contributed by atoms with van der Waals surface area (Å²) < 4.78 is 6.63. The summed E-state index contributed by atoms with van der Waals surface area (Å²) in [5, 5.41) is 10.6. The molecule has 1 N–H and O–H groups in total. The molecule has 1 aromatic carbocycles. The number of hydrogen-bond acceptors (Lipinski definition) is 5. The lowest BCUT2D eigenvalue weighted by Gasteiger charge is -2.11. The molecule has 0 amide bonds. The number of pyridine rings is 1. The molecule has 0 unspecified atom stereocenters. The van der Waals surface area contributed by atoms with Crippen molar-refractivity contribution in [3.63, 3.8) is 0 Å². The smallest absolute Gasteiger partial charge is 0.353 e. The highest BCUT2D eigenvalue weighted by Crippen LogP contribution is 2.30. The Morgan fingerprint density at radius 1 is 1.33 bits per heavy atom. The maximum atomic E-state index is 12.6. The van der Waals surface area contributed by atoms with E-state index in [2.05, 4.69) is 19.2 Å². The van der Waals surface area contributed by atoms with Gasteiger partial charge in [0.25, 0.3) is 5.56 Å². The lowest BCUT2D eigenvalue weighted by atomic mass is 10.1. The molecule has 21 heavy (non-hydrogen) atoms. The van der Waals surface area contributed by atoms with Crippen LogP contribution in [-0.2, 0) is 6.54 Å². The van der Waals surface area contributed by atoms with Gasteiger partial charge in [0, 0.05) is 11.9 Å². The second-order valence-electron chi connectivity index (χ2n) is 4.51. The van der Waals surface area contributed by atoms with Crippen LogP contribution >= 0.6 is 12.6 Å². The van der Waals surface area contributed by atoms with Crippen LogP contribution in [0.2, 0.25) is 0 Å². The molecule has 6 heteroatoms. The molecule has 2 aromatic heterocycles. The SMILES string of the molecule is C=CCn1c(=O)c2c(O)c(S)c(=O)oc2c2ccccc21. The second-order valence-corrected chi connectivity index (χ2v) is 4.96. The maximum absolute atomic E-state index is 12.6. The minimum absolute atomic E-state index is 0.0554. The summed E-state index contributed by atoms with van der Waals surface area (Å²) in [5.74, 6) is -0.460. The first-order valence-corrected chi connectivity index (χ1v) is 6.62. The van der Waals surface area contributed by atoms with E-state index in [1.165, 1.54) is 4.57 Å². The number of hydrogen-bond donors (Lipinski definition) is 2. The molecule has 0 aliphatic carbocycles. The van der Waals surface area contributed by atoms with E-state index >= 15 is 0 Å². The summed E-state index contributed by atoms with van der Waals surface area (Å²) in [5.41, 5.74) is -0.574. The number of aromatic hydroxyl groups is 1. The fourth-order valence-electron chi connectivity index (χ4n) is 2.36. The molecule has 0 bridgehead atoms. The highest BCUT2D eigenvalue weighted by Gasteiger charge is 2.19. The van der Waals surface area contributed by atoms with Gasteiger partial charge in [-0.25, -0.2) is 4.79 Å². The van der Waals surface area contributed by atoms with Crippen molar-refractivity contribution in [3.05, 3.63) is 57.7 Å². The van der Waals surface area contributed by atoms with E-state index in [4.69, 9.17) is 4.42 Å². The number of rotatable bonds is 2. The van der Waals surface area contributed by atoms with Gasteiger partial charge in [-0.3, -0.25) is 4.79 Å². The highest BCUT2D eigenvalue weighted by atomic mass is 32.1. The Balaban J connectivity index is 2.71. The molecule has 0 saturated carbocycles. The van der Waals surface area contributed by atoms with Gasteiger partial charge in [-0.05, 0) is 12.1 Å². The number of fused-ring (bicyclic) bond motifs is 3. The molecular weight excluding hydrogens is 290 g/mol. The monoisotopic (exact) mass is 301 g/mol. The van der Waals surface area contributed by atoms with Crippen molar-refractivity contribution in [2.45, 2.75) is 11.4 Å². The van der Waals surface area contributed by atoms with Crippen molar-refractivity contribution in [2.75, 3.05) is 0 Å². The Bertz CT molecular complexity index is 1000. The van der Waals surface area contributed by atoms with Crippen molar-refractivity contribution in [1.29, 1.82) is 0 Å². The number of thiol groups is 1. The molecule has 0 aliphatic rings. The molecule has 0 aliphatic heterocycles. The van der Waals surface area contributed by atoms with Crippen molar-refractivity contribution in [2.24, 2.45) is 0 Å². The first-order chi connectivity index (χ1) is 10.1. The fourth-order valence-corrected chi connectivity index (χ4v) is 2.52. The van der Waals surface area contributed by atoms with Gasteiger partial charge in [0.15, 0.2) is 11.3 Å². The summed E-state index contributed by atoms with van der Waals surface area (Å²) in [6, 6.07) is 7.00. The predicted octanol–water partition coefficient (Wildman–Crippen LogP) is 2.29. The van der Waals surface area contributed by atoms with Gasteiger partial charge in [-0.2, -0.15) is 0 Å². The first kappa shape index (κ1) is 13.5. The van der Waals surface area contributed by atoms with Gasteiger partial charge in [0.1, 0.15) is 10.3 Å². The standard InChI is InChI=1S/C15H11NO4S/c1-2-7-16-9-6-4-3-5-8(9)12-10(14(16)18)11(17)13(21)15(19)20-12/h2-6,17,21H,1,7H2. The summed E-state index contributed by atoms with van der Waals surface area (Å²) in [6.45, 7) is 3.90. The Hall–Kier alpha value is -2.47. The van der Waals surface area contributed by atoms with Crippen LogP contribution in [0.25, 0.3) is 21.9 Å². The minimum atomic E-state index is -0.783. The Morgan fingerprint density at radius 3 is 2.76 bits per heavy atom. The van der Waals surface area contributed by atoms with Crippen LogP contribution in [0.5, 0.6) is 5.75 Å². The maximum Gasteiger partial charge on any atom is 0.353 e. The van der Waals surface area contributed by atoms with Gasteiger partial charge >= 0.3 is 5.63 Å². The van der Waals surface area contributed by atoms with Crippen molar-refractivity contribution >= 4 is 34.5 Å². The molecule has 3 aromatic rings. The zero-order chi connectivity index (χ0) is 15.1. The average molecular weight is 301 g/mol.